The molecule has 0 bridgehead atoms. The molecule has 1 aromatic carbocycles. The van der Waals surface area contributed by atoms with E-state index >= 15 is 0 Å². The van der Waals surface area contributed by atoms with Crippen LogP contribution in [0.5, 0.6) is 5.75 Å². The summed E-state index contributed by atoms with van der Waals surface area (Å²) in [7, 11) is 1.52. The van der Waals surface area contributed by atoms with E-state index in [1.165, 1.54) is 7.11 Å². The average molecular weight is 330 g/mol. The molecular formula is C16H24O3Zn. The molecule has 0 spiro atoms. The minimum absolute atomic E-state index is 0. The van der Waals surface area contributed by atoms with Crippen LogP contribution in [0, 0.1) is 0 Å². The molecular weight excluding hydrogens is 306 g/mol. The topological polar surface area (TPSA) is 46.5 Å². The van der Waals surface area contributed by atoms with Crippen LogP contribution in [0.15, 0.2) is 12.1 Å². The van der Waals surface area contributed by atoms with Gasteiger partial charge in [0.2, 0.25) is 0 Å². The predicted molar refractivity (Wildman–Crippen MR) is 77.4 cm³/mol. The molecule has 0 radical (unpaired) electrons. The van der Waals surface area contributed by atoms with E-state index in [-0.39, 0.29) is 35.9 Å². The molecule has 0 aromatic heterocycles. The summed E-state index contributed by atoms with van der Waals surface area (Å²) in [6.45, 7) is 12.4. The quantitative estimate of drug-likeness (QED) is 0.835. The molecule has 0 aliphatic rings. The summed E-state index contributed by atoms with van der Waals surface area (Å²) < 4.78 is 5.35. The van der Waals surface area contributed by atoms with E-state index in [0.717, 1.165) is 11.1 Å². The van der Waals surface area contributed by atoms with Gasteiger partial charge in [-0.15, -0.1) is 0 Å². The van der Waals surface area contributed by atoms with E-state index in [4.69, 9.17) is 4.74 Å². The summed E-state index contributed by atoms with van der Waals surface area (Å²) in [4.78, 5) is 11.5. The van der Waals surface area contributed by atoms with Crippen molar-refractivity contribution in [2.75, 3.05) is 7.11 Å². The number of rotatable bonds is 2. The van der Waals surface area contributed by atoms with Crippen molar-refractivity contribution in [3.05, 3.63) is 28.8 Å². The van der Waals surface area contributed by atoms with Crippen molar-refractivity contribution in [3.63, 3.8) is 0 Å². The fourth-order valence-corrected chi connectivity index (χ4v) is 2.00. The first kappa shape index (κ1) is 19.1. The Hall–Kier alpha value is -0.887. The second-order valence-electron chi connectivity index (χ2n) is 6.91. The first-order valence-electron chi connectivity index (χ1n) is 6.44. The van der Waals surface area contributed by atoms with Crippen molar-refractivity contribution >= 4 is 5.97 Å². The molecule has 0 atom stereocenters. The monoisotopic (exact) mass is 328 g/mol. The molecule has 1 N–H and O–H groups in total. The number of benzene rings is 1. The maximum Gasteiger partial charge on any atom is 0.339 e. The van der Waals surface area contributed by atoms with Gasteiger partial charge < -0.3 is 9.84 Å². The fraction of sp³-hybridized carbons (Fsp3) is 0.562. The minimum atomic E-state index is -0.951. The van der Waals surface area contributed by atoms with Crippen molar-refractivity contribution < 1.29 is 34.1 Å². The zero-order chi connectivity index (χ0) is 15.0. The summed E-state index contributed by atoms with van der Waals surface area (Å²) in [5.41, 5.74) is 1.91. The Morgan fingerprint density at radius 3 is 1.85 bits per heavy atom. The van der Waals surface area contributed by atoms with Gasteiger partial charge in [0.1, 0.15) is 11.3 Å². The van der Waals surface area contributed by atoms with Crippen molar-refractivity contribution in [1.29, 1.82) is 0 Å². The van der Waals surface area contributed by atoms with Gasteiger partial charge in [0.25, 0.3) is 0 Å². The molecule has 4 heteroatoms. The molecule has 0 saturated carbocycles. The summed E-state index contributed by atoms with van der Waals surface area (Å²) in [5, 5.41) is 9.40. The van der Waals surface area contributed by atoms with Gasteiger partial charge in [0.05, 0.1) is 7.11 Å². The number of carbonyl (C=O) groups is 1. The third-order valence-corrected chi connectivity index (χ3v) is 3.20. The van der Waals surface area contributed by atoms with Gasteiger partial charge in [-0.2, -0.15) is 0 Å². The minimum Gasteiger partial charge on any atom is -0.496 e. The van der Waals surface area contributed by atoms with Gasteiger partial charge >= 0.3 is 5.97 Å². The van der Waals surface area contributed by atoms with Gasteiger partial charge in [0, 0.05) is 25.0 Å². The van der Waals surface area contributed by atoms with E-state index in [1.54, 1.807) is 6.07 Å². The molecule has 20 heavy (non-hydrogen) atoms. The van der Waals surface area contributed by atoms with Crippen LogP contribution in [0.25, 0.3) is 0 Å². The molecule has 0 amide bonds. The molecule has 0 fully saturated rings. The zero-order valence-corrected chi connectivity index (χ0v) is 16.6. The average Bonchev–Trinajstić information content (AvgIpc) is 2.24. The number of methoxy groups -OCH3 is 1. The number of aromatic carboxylic acids is 1. The first-order chi connectivity index (χ1) is 8.48. The van der Waals surface area contributed by atoms with E-state index < -0.39 is 5.97 Å². The van der Waals surface area contributed by atoms with Gasteiger partial charge in [-0.1, -0.05) is 47.6 Å². The van der Waals surface area contributed by atoms with Gasteiger partial charge in [-0.05, 0) is 22.5 Å². The van der Waals surface area contributed by atoms with E-state index in [9.17, 15) is 9.90 Å². The van der Waals surface area contributed by atoms with Crippen LogP contribution in [0.3, 0.4) is 0 Å². The van der Waals surface area contributed by atoms with Crippen LogP contribution in [0.2, 0.25) is 0 Å². The Morgan fingerprint density at radius 2 is 1.55 bits per heavy atom. The van der Waals surface area contributed by atoms with E-state index in [1.807, 2.05) is 0 Å². The number of carboxylic acid groups (broad SMARTS) is 1. The third kappa shape index (κ3) is 4.05. The standard InChI is InChI=1S/C16H24O3.Zn/c1-15(2,3)10-8-11(14(17)18)13(19-7)12(9-10)16(4,5)6;/h8-9H,1-7H3,(H,17,18);. The molecule has 0 saturated heterocycles. The van der Waals surface area contributed by atoms with Crippen molar-refractivity contribution in [1.82, 2.24) is 0 Å². The maximum absolute atomic E-state index is 11.5. The van der Waals surface area contributed by atoms with E-state index in [0.29, 0.717) is 5.75 Å². The van der Waals surface area contributed by atoms with Crippen molar-refractivity contribution in [2.45, 2.75) is 52.4 Å². The molecule has 0 aliphatic heterocycles. The Bertz CT molecular complexity index is 494. The van der Waals surface area contributed by atoms with Gasteiger partial charge in [-0.3, -0.25) is 0 Å². The number of ether oxygens (including phenoxy) is 1. The number of hydrogen-bond acceptors (Lipinski definition) is 2. The summed E-state index contributed by atoms with van der Waals surface area (Å²) in [5.74, 6) is -0.485. The molecule has 0 aliphatic carbocycles. The van der Waals surface area contributed by atoms with Crippen molar-refractivity contribution in [3.8, 4) is 5.75 Å². The Morgan fingerprint density at radius 1 is 1.05 bits per heavy atom. The molecule has 0 unspecified atom stereocenters. The molecule has 0 heterocycles. The summed E-state index contributed by atoms with van der Waals surface area (Å²) >= 11 is 0. The number of carboxylic acids is 1. The van der Waals surface area contributed by atoms with Crippen LogP contribution in [0.4, 0.5) is 0 Å². The first-order valence-corrected chi connectivity index (χ1v) is 6.44. The predicted octanol–water partition coefficient (Wildman–Crippen LogP) is 3.99. The molecule has 3 nitrogen and oxygen atoms in total. The normalized spacial score (nSPS) is 11.8. The Kier molecular flexibility index (Phi) is 5.98. The van der Waals surface area contributed by atoms with Gasteiger partial charge in [0.15, 0.2) is 0 Å². The smallest absolute Gasteiger partial charge is 0.339 e. The Labute approximate surface area is 134 Å². The summed E-state index contributed by atoms with van der Waals surface area (Å²) in [6, 6.07) is 3.78. The van der Waals surface area contributed by atoms with Crippen LogP contribution >= 0.6 is 0 Å². The van der Waals surface area contributed by atoms with Crippen LogP contribution in [-0.2, 0) is 30.3 Å². The molecule has 1 aromatic rings. The number of hydrogen-bond donors (Lipinski definition) is 1. The largest absolute Gasteiger partial charge is 0.496 e. The molecule has 1 rings (SSSR count). The fourth-order valence-electron chi connectivity index (χ4n) is 2.00. The van der Waals surface area contributed by atoms with Crippen LogP contribution in [-0.4, -0.2) is 18.2 Å². The zero-order valence-electron chi connectivity index (χ0n) is 13.6. The SMILES string of the molecule is COc1c(C(=O)O)cc(C(C)(C)C)cc1C(C)(C)C.[Zn]. The maximum atomic E-state index is 11.5. The summed E-state index contributed by atoms with van der Waals surface area (Å²) in [6.07, 6.45) is 0. The Balaban J connectivity index is 0.00000361. The van der Waals surface area contributed by atoms with E-state index in [2.05, 4.69) is 47.6 Å². The third-order valence-electron chi connectivity index (χ3n) is 3.20. The second-order valence-corrected chi connectivity index (χ2v) is 6.91. The molecule has 108 valence electrons. The van der Waals surface area contributed by atoms with Crippen LogP contribution in [0.1, 0.15) is 63.0 Å². The van der Waals surface area contributed by atoms with Crippen molar-refractivity contribution in [2.24, 2.45) is 0 Å². The van der Waals surface area contributed by atoms with Gasteiger partial charge in [-0.25, -0.2) is 4.79 Å². The van der Waals surface area contributed by atoms with Crippen LogP contribution < -0.4 is 4.74 Å². The second kappa shape index (κ2) is 6.26.